The molecule has 2 aromatic heterocycles. The highest BCUT2D eigenvalue weighted by Gasteiger charge is 2.53. The van der Waals surface area contributed by atoms with Gasteiger partial charge in [-0.3, -0.25) is 4.79 Å². The Balaban J connectivity index is 1.76. The van der Waals surface area contributed by atoms with Crippen LogP contribution in [0.15, 0.2) is 12.4 Å². The highest BCUT2D eigenvalue weighted by molar-refractivity contribution is 5.84. The fraction of sp³-hybridized carbons (Fsp3) is 0.600. The Hall–Kier alpha value is -2.22. The first-order valence-electron chi connectivity index (χ1n) is 7.86. The van der Waals surface area contributed by atoms with Crippen LogP contribution < -0.4 is 10.2 Å². The van der Waals surface area contributed by atoms with Crippen molar-refractivity contribution in [1.82, 2.24) is 24.9 Å². The topological polar surface area (TPSA) is 84.6 Å². The molecule has 0 saturated carbocycles. The highest BCUT2D eigenvalue weighted by Crippen LogP contribution is 2.43. The molecule has 0 aliphatic carbocycles. The van der Waals surface area contributed by atoms with Gasteiger partial charge in [-0.25, -0.2) is 4.98 Å². The summed E-state index contributed by atoms with van der Waals surface area (Å²) in [5.41, 5.74) is 0.498. The highest BCUT2D eigenvalue weighted by atomic mass is 16.5. The van der Waals surface area contributed by atoms with Crippen molar-refractivity contribution in [3.63, 3.8) is 0 Å². The molecular formula is C15H20N6O2. The minimum Gasteiger partial charge on any atom is -0.381 e. The minimum atomic E-state index is -0.392. The fourth-order valence-corrected chi connectivity index (χ4v) is 3.88. The van der Waals surface area contributed by atoms with E-state index in [4.69, 9.17) is 4.74 Å². The molecule has 2 unspecified atom stereocenters. The van der Waals surface area contributed by atoms with Gasteiger partial charge in [-0.2, -0.15) is 14.6 Å². The summed E-state index contributed by atoms with van der Waals surface area (Å²) >= 11 is 0. The number of amides is 1. The maximum Gasteiger partial charge on any atom is 0.254 e. The SMILES string of the molecule is CNC(=O)C12CCOCC1CN(c1cc(C)nc3ncnn13)C2. The molecule has 8 nitrogen and oxygen atoms in total. The molecule has 8 heteroatoms. The first-order chi connectivity index (χ1) is 11.1. The van der Waals surface area contributed by atoms with Crippen LogP contribution in [-0.4, -0.2) is 58.8 Å². The normalized spacial score (nSPS) is 27.2. The van der Waals surface area contributed by atoms with Crippen molar-refractivity contribution in [3.8, 4) is 0 Å². The van der Waals surface area contributed by atoms with Crippen LogP contribution >= 0.6 is 0 Å². The molecule has 2 saturated heterocycles. The summed E-state index contributed by atoms with van der Waals surface area (Å²) in [5.74, 6) is 1.81. The maximum absolute atomic E-state index is 12.6. The number of aryl methyl sites for hydroxylation is 1. The van der Waals surface area contributed by atoms with Crippen LogP contribution in [0, 0.1) is 18.3 Å². The zero-order chi connectivity index (χ0) is 16.0. The maximum atomic E-state index is 12.6. The molecular weight excluding hydrogens is 296 g/mol. The van der Waals surface area contributed by atoms with Gasteiger partial charge in [-0.15, -0.1) is 0 Å². The zero-order valence-electron chi connectivity index (χ0n) is 13.3. The van der Waals surface area contributed by atoms with Crippen LogP contribution in [0.4, 0.5) is 5.82 Å². The number of aromatic nitrogens is 4. The Bertz CT molecular complexity index is 760. The number of hydrogen-bond donors (Lipinski definition) is 1. The molecule has 2 aliphatic rings. The third-order valence-corrected chi connectivity index (χ3v) is 5.07. The van der Waals surface area contributed by atoms with E-state index in [0.29, 0.717) is 25.5 Å². The van der Waals surface area contributed by atoms with Crippen molar-refractivity contribution >= 4 is 17.5 Å². The number of carbonyl (C=O) groups excluding carboxylic acids is 1. The van der Waals surface area contributed by atoms with Crippen LogP contribution in [0.5, 0.6) is 0 Å². The lowest BCUT2D eigenvalue weighted by molar-refractivity contribution is -0.138. The van der Waals surface area contributed by atoms with Gasteiger partial charge in [0.1, 0.15) is 12.1 Å². The van der Waals surface area contributed by atoms with Gasteiger partial charge in [0.2, 0.25) is 5.91 Å². The van der Waals surface area contributed by atoms with Gasteiger partial charge in [-0.05, 0) is 13.3 Å². The van der Waals surface area contributed by atoms with Crippen molar-refractivity contribution in [3.05, 3.63) is 18.1 Å². The first-order valence-corrected chi connectivity index (χ1v) is 7.86. The summed E-state index contributed by atoms with van der Waals surface area (Å²) in [5, 5.41) is 7.12. The third kappa shape index (κ3) is 2.08. The van der Waals surface area contributed by atoms with Gasteiger partial charge in [0.25, 0.3) is 5.78 Å². The Morgan fingerprint density at radius 2 is 2.39 bits per heavy atom. The summed E-state index contributed by atoms with van der Waals surface area (Å²) in [6, 6.07) is 2.00. The van der Waals surface area contributed by atoms with Gasteiger partial charge >= 0.3 is 0 Å². The molecule has 1 N–H and O–H groups in total. The Morgan fingerprint density at radius 1 is 1.52 bits per heavy atom. The molecule has 2 fully saturated rings. The van der Waals surface area contributed by atoms with Crippen molar-refractivity contribution in [1.29, 1.82) is 0 Å². The first kappa shape index (κ1) is 14.4. The molecule has 122 valence electrons. The number of rotatable bonds is 2. The Morgan fingerprint density at radius 3 is 3.22 bits per heavy atom. The Kier molecular flexibility index (Phi) is 3.22. The third-order valence-electron chi connectivity index (χ3n) is 5.07. The summed E-state index contributed by atoms with van der Waals surface area (Å²) in [6.07, 6.45) is 2.25. The van der Waals surface area contributed by atoms with Crippen molar-refractivity contribution in [2.45, 2.75) is 13.3 Å². The quantitative estimate of drug-likeness (QED) is 0.841. The number of nitrogens with zero attached hydrogens (tertiary/aromatic N) is 5. The lowest BCUT2D eigenvalue weighted by Crippen LogP contribution is -2.49. The second kappa shape index (κ2) is 5.16. The monoisotopic (exact) mass is 316 g/mol. The summed E-state index contributed by atoms with van der Waals surface area (Å²) < 4.78 is 7.37. The fourth-order valence-electron chi connectivity index (χ4n) is 3.88. The van der Waals surface area contributed by atoms with Crippen molar-refractivity contribution in [2.24, 2.45) is 11.3 Å². The molecule has 2 aromatic rings. The lowest BCUT2D eigenvalue weighted by Gasteiger charge is -2.36. The van der Waals surface area contributed by atoms with E-state index in [9.17, 15) is 4.79 Å². The summed E-state index contributed by atoms with van der Waals surface area (Å²) in [6.45, 7) is 4.63. The average molecular weight is 316 g/mol. The minimum absolute atomic E-state index is 0.105. The number of anilines is 1. The van der Waals surface area contributed by atoms with E-state index in [-0.39, 0.29) is 11.8 Å². The van der Waals surface area contributed by atoms with Crippen LogP contribution in [0.1, 0.15) is 12.1 Å². The predicted molar refractivity (Wildman–Crippen MR) is 83.2 cm³/mol. The summed E-state index contributed by atoms with van der Waals surface area (Å²) in [7, 11) is 1.71. The van der Waals surface area contributed by atoms with Crippen LogP contribution in [0.2, 0.25) is 0 Å². The number of fused-ring (bicyclic) bond motifs is 2. The number of ether oxygens (including phenoxy) is 1. The van der Waals surface area contributed by atoms with Gasteiger partial charge in [-0.1, -0.05) is 0 Å². The van der Waals surface area contributed by atoms with E-state index in [1.165, 1.54) is 6.33 Å². The molecule has 23 heavy (non-hydrogen) atoms. The second-order valence-corrected chi connectivity index (χ2v) is 6.37. The molecule has 4 heterocycles. The molecule has 2 aliphatic heterocycles. The standard InChI is InChI=1S/C15H20N6O2/c1-10-5-12(21-14(19-10)17-9-18-21)20-6-11-7-23-4-3-15(11,8-20)13(22)16-2/h5,9,11H,3-4,6-8H2,1-2H3,(H,16,22). The van der Waals surface area contributed by atoms with E-state index in [2.05, 4.69) is 25.3 Å². The lowest BCUT2D eigenvalue weighted by atomic mass is 9.73. The largest absolute Gasteiger partial charge is 0.381 e. The van der Waals surface area contributed by atoms with Crippen LogP contribution in [-0.2, 0) is 9.53 Å². The predicted octanol–water partition coefficient (Wildman–Crippen LogP) is 0.0216. The second-order valence-electron chi connectivity index (χ2n) is 6.37. The molecule has 0 bridgehead atoms. The molecule has 1 amide bonds. The van der Waals surface area contributed by atoms with Gasteiger partial charge in [0.05, 0.1) is 12.0 Å². The molecule has 0 spiro atoms. The number of nitrogens with one attached hydrogen (secondary N) is 1. The molecule has 4 rings (SSSR count). The van der Waals surface area contributed by atoms with Gasteiger partial charge in [0, 0.05) is 44.4 Å². The number of hydrogen-bond acceptors (Lipinski definition) is 6. The molecule has 2 atom stereocenters. The van der Waals surface area contributed by atoms with Gasteiger partial charge in [0.15, 0.2) is 0 Å². The van der Waals surface area contributed by atoms with E-state index in [0.717, 1.165) is 24.5 Å². The van der Waals surface area contributed by atoms with Crippen molar-refractivity contribution in [2.75, 3.05) is 38.3 Å². The number of carbonyl (C=O) groups is 1. The summed E-state index contributed by atoms with van der Waals surface area (Å²) in [4.78, 5) is 23.4. The average Bonchev–Trinajstić information content (AvgIpc) is 3.17. The van der Waals surface area contributed by atoms with Crippen LogP contribution in [0.25, 0.3) is 5.78 Å². The van der Waals surface area contributed by atoms with E-state index < -0.39 is 5.41 Å². The van der Waals surface area contributed by atoms with Crippen molar-refractivity contribution < 1.29 is 9.53 Å². The zero-order valence-corrected chi connectivity index (χ0v) is 13.3. The van der Waals surface area contributed by atoms with E-state index in [1.807, 2.05) is 13.0 Å². The molecule has 0 radical (unpaired) electrons. The van der Waals surface area contributed by atoms with Gasteiger partial charge < -0.3 is 15.0 Å². The van der Waals surface area contributed by atoms with E-state index in [1.54, 1.807) is 11.6 Å². The molecule has 0 aromatic carbocycles. The van der Waals surface area contributed by atoms with E-state index >= 15 is 0 Å². The Labute approximate surface area is 133 Å². The smallest absolute Gasteiger partial charge is 0.254 e. The van der Waals surface area contributed by atoms with Crippen LogP contribution in [0.3, 0.4) is 0 Å².